The topological polar surface area (TPSA) is 101 Å². The Morgan fingerprint density at radius 2 is 1.53 bits per heavy atom. The molecule has 3 aromatic rings. The molecule has 0 amide bonds. The molecular formula is C23H22N2O5S2. The van der Waals surface area contributed by atoms with Crippen molar-refractivity contribution in [2.24, 2.45) is 0 Å². The molecule has 1 N–H and O–H groups in total. The molecule has 0 atom stereocenters. The summed E-state index contributed by atoms with van der Waals surface area (Å²) >= 11 is 0. The van der Waals surface area contributed by atoms with Gasteiger partial charge in [-0.15, -0.1) is 0 Å². The molecule has 0 radical (unpaired) electrons. The Labute approximate surface area is 187 Å². The van der Waals surface area contributed by atoms with Gasteiger partial charge in [-0.1, -0.05) is 36.4 Å². The van der Waals surface area contributed by atoms with E-state index in [4.69, 9.17) is 0 Å². The highest BCUT2D eigenvalue weighted by molar-refractivity contribution is 7.92. The van der Waals surface area contributed by atoms with Gasteiger partial charge in [0.2, 0.25) is 10.0 Å². The summed E-state index contributed by atoms with van der Waals surface area (Å²) in [4.78, 5) is 11.7. The maximum Gasteiger partial charge on any atom is 0.261 e. The van der Waals surface area contributed by atoms with Gasteiger partial charge in [-0.25, -0.2) is 16.8 Å². The predicted molar refractivity (Wildman–Crippen MR) is 121 cm³/mol. The SMILES string of the molecule is CC(=O)c1ccc(S(=O)(=O)Nc2ccc3c(c2)CN(S(=O)(=O)c2ccccc2)CC3)cc1. The lowest BCUT2D eigenvalue weighted by atomic mass is 10.0. The van der Waals surface area contributed by atoms with Gasteiger partial charge in [0, 0.05) is 24.3 Å². The molecule has 3 aromatic carbocycles. The van der Waals surface area contributed by atoms with Gasteiger partial charge < -0.3 is 0 Å². The van der Waals surface area contributed by atoms with Crippen LogP contribution in [0.4, 0.5) is 5.69 Å². The maximum atomic E-state index is 13.0. The predicted octanol–water partition coefficient (Wildman–Crippen LogP) is 3.44. The van der Waals surface area contributed by atoms with Crippen molar-refractivity contribution in [3.05, 3.63) is 89.5 Å². The Morgan fingerprint density at radius 1 is 0.844 bits per heavy atom. The zero-order valence-electron chi connectivity index (χ0n) is 17.4. The van der Waals surface area contributed by atoms with Crippen molar-refractivity contribution < 1.29 is 21.6 Å². The first-order valence-corrected chi connectivity index (χ1v) is 12.9. The third kappa shape index (κ3) is 4.45. The molecule has 0 saturated carbocycles. The van der Waals surface area contributed by atoms with Crippen LogP contribution in [0.25, 0.3) is 0 Å². The molecule has 0 fully saturated rings. The maximum absolute atomic E-state index is 13.0. The van der Waals surface area contributed by atoms with Crippen molar-refractivity contribution in [3.63, 3.8) is 0 Å². The molecule has 0 unspecified atom stereocenters. The van der Waals surface area contributed by atoms with Gasteiger partial charge in [0.25, 0.3) is 10.0 Å². The summed E-state index contributed by atoms with van der Waals surface area (Å²) in [6, 6.07) is 19.1. The van der Waals surface area contributed by atoms with Crippen molar-refractivity contribution in [1.29, 1.82) is 0 Å². The van der Waals surface area contributed by atoms with Gasteiger partial charge in [-0.2, -0.15) is 4.31 Å². The summed E-state index contributed by atoms with van der Waals surface area (Å²) in [5.41, 5.74) is 2.51. The van der Waals surface area contributed by atoms with E-state index in [1.54, 1.807) is 42.5 Å². The second kappa shape index (κ2) is 8.50. The summed E-state index contributed by atoms with van der Waals surface area (Å²) in [6.07, 6.45) is 0.543. The minimum absolute atomic E-state index is 0.0357. The van der Waals surface area contributed by atoms with Crippen molar-refractivity contribution in [3.8, 4) is 0 Å². The van der Waals surface area contributed by atoms with E-state index in [0.29, 0.717) is 24.2 Å². The molecule has 0 spiro atoms. The monoisotopic (exact) mass is 470 g/mol. The number of sulfonamides is 2. The second-order valence-corrected chi connectivity index (χ2v) is 11.2. The minimum Gasteiger partial charge on any atom is -0.295 e. The van der Waals surface area contributed by atoms with E-state index in [9.17, 15) is 21.6 Å². The number of ketones is 1. The number of nitrogens with zero attached hydrogens (tertiary/aromatic N) is 1. The number of Topliss-reactive ketones (excluding diaryl/α,β-unsaturated/α-hetero) is 1. The molecule has 0 bridgehead atoms. The highest BCUT2D eigenvalue weighted by atomic mass is 32.2. The Morgan fingerprint density at radius 3 is 2.19 bits per heavy atom. The van der Waals surface area contributed by atoms with Gasteiger partial charge in [0.15, 0.2) is 5.78 Å². The van der Waals surface area contributed by atoms with Crippen molar-refractivity contribution in [1.82, 2.24) is 4.31 Å². The Balaban J connectivity index is 1.57. The molecular weight excluding hydrogens is 448 g/mol. The van der Waals surface area contributed by atoms with E-state index >= 15 is 0 Å². The number of carbonyl (C=O) groups is 1. The second-order valence-electron chi connectivity index (χ2n) is 7.57. The highest BCUT2D eigenvalue weighted by Gasteiger charge is 2.28. The molecule has 1 aliphatic rings. The Hall–Kier alpha value is -3.01. The van der Waals surface area contributed by atoms with Crippen LogP contribution in [-0.4, -0.2) is 33.5 Å². The Kier molecular flexibility index (Phi) is 5.89. The first kappa shape index (κ1) is 22.2. The van der Waals surface area contributed by atoms with Gasteiger partial charge in [0.05, 0.1) is 9.79 Å². The van der Waals surface area contributed by atoms with Crippen LogP contribution in [0.3, 0.4) is 0 Å². The van der Waals surface area contributed by atoms with Crippen LogP contribution in [0.1, 0.15) is 28.4 Å². The van der Waals surface area contributed by atoms with Gasteiger partial charge >= 0.3 is 0 Å². The lowest BCUT2D eigenvalue weighted by Crippen LogP contribution is -2.36. The van der Waals surface area contributed by atoms with Crippen molar-refractivity contribution in [2.75, 3.05) is 11.3 Å². The fourth-order valence-electron chi connectivity index (χ4n) is 3.62. The number of hydrogen-bond donors (Lipinski definition) is 1. The normalized spacial score (nSPS) is 14.5. The van der Waals surface area contributed by atoms with Crippen LogP contribution in [0.2, 0.25) is 0 Å². The lowest BCUT2D eigenvalue weighted by molar-refractivity contribution is 0.101. The third-order valence-corrected chi connectivity index (χ3v) is 8.64. The van der Waals surface area contributed by atoms with Crippen LogP contribution in [0, 0.1) is 0 Å². The van der Waals surface area contributed by atoms with E-state index in [2.05, 4.69) is 4.72 Å². The molecule has 9 heteroatoms. The smallest absolute Gasteiger partial charge is 0.261 e. The summed E-state index contributed by atoms with van der Waals surface area (Å²) in [6.45, 7) is 1.93. The average Bonchev–Trinajstić information content (AvgIpc) is 2.79. The molecule has 1 heterocycles. The first-order valence-electron chi connectivity index (χ1n) is 9.98. The van der Waals surface area contributed by atoms with Crippen LogP contribution < -0.4 is 4.72 Å². The van der Waals surface area contributed by atoms with Gasteiger partial charge in [0.1, 0.15) is 0 Å². The quantitative estimate of drug-likeness (QED) is 0.556. The minimum atomic E-state index is -3.86. The number of anilines is 1. The van der Waals surface area contributed by atoms with Crippen LogP contribution in [0.15, 0.2) is 82.6 Å². The molecule has 166 valence electrons. The molecule has 4 rings (SSSR count). The van der Waals surface area contributed by atoms with E-state index in [1.165, 1.54) is 35.5 Å². The van der Waals surface area contributed by atoms with Crippen LogP contribution in [-0.2, 0) is 33.0 Å². The fraction of sp³-hybridized carbons (Fsp3) is 0.174. The van der Waals surface area contributed by atoms with Crippen LogP contribution in [0.5, 0.6) is 0 Å². The van der Waals surface area contributed by atoms with E-state index < -0.39 is 20.0 Å². The van der Waals surface area contributed by atoms with E-state index in [-0.39, 0.29) is 22.1 Å². The van der Waals surface area contributed by atoms with Gasteiger partial charge in [-0.05, 0) is 60.9 Å². The zero-order valence-corrected chi connectivity index (χ0v) is 19.0. The largest absolute Gasteiger partial charge is 0.295 e. The number of rotatable bonds is 6. The summed E-state index contributed by atoms with van der Waals surface area (Å²) < 4.78 is 55.4. The standard InChI is InChI=1S/C23H22N2O5S2/c1-17(26)18-8-11-22(12-9-18)31(27,28)24-21-10-7-19-13-14-25(16-20(19)15-21)32(29,30)23-5-3-2-4-6-23/h2-12,15,24H,13-14,16H2,1H3. The van der Waals surface area contributed by atoms with Crippen molar-refractivity contribution in [2.45, 2.75) is 29.7 Å². The fourth-order valence-corrected chi connectivity index (χ4v) is 6.11. The summed E-state index contributed by atoms with van der Waals surface area (Å²) in [7, 11) is -7.50. The number of nitrogens with one attached hydrogen (secondary N) is 1. The molecule has 1 aliphatic heterocycles. The summed E-state index contributed by atoms with van der Waals surface area (Å²) in [5.74, 6) is -0.147. The molecule has 7 nitrogen and oxygen atoms in total. The number of benzene rings is 3. The number of carbonyl (C=O) groups excluding carboxylic acids is 1. The number of fused-ring (bicyclic) bond motifs is 1. The van der Waals surface area contributed by atoms with Gasteiger partial charge in [-0.3, -0.25) is 9.52 Å². The third-order valence-electron chi connectivity index (χ3n) is 5.39. The highest BCUT2D eigenvalue weighted by Crippen LogP contribution is 2.28. The zero-order chi connectivity index (χ0) is 22.9. The molecule has 32 heavy (non-hydrogen) atoms. The number of hydrogen-bond acceptors (Lipinski definition) is 5. The van der Waals surface area contributed by atoms with E-state index in [0.717, 1.165) is 11.1 Å². The lowest BCUT2D eigenvalue weighted by Gasteiger charge is -2.28. The van der Waals surface area contributed by atoms with Crippen LogP contribution >= 0.6 is 0 Å². The van der Waals surface area contributed by atoms with E-state index in [1.807, 2.05) is 6.07 Å². The van der Waals surface area contributed by atoms with Crippen molar-refractivity contribution >= 4 is 31.5 Å². The molecule has 0 aliphatic carbocycles. The molecule has 0 aromatic heterocycles. The Bertz CT molecular complexity index is 1370. The first-order chi connectivity index (χ1) is 15.2. The average molecular weight is 471 g/mol. The molecule has 0 saturated heterocycles. The summed E-state index contributed by atoms with van der Waals surface area (Å²) in [5, 5.41) is 0.